The molecular weight excluding hydrogens is 363 g/mol. The predicted molar refractivity (Wildman–Crippen MR) is 103 cm³/mol. The van der Waals surface area contributed by atoms with Crippen LogP contribution in [0.4, 0.5) is 10.1 Å². The van der Waals surface area contributed by atoms with E-state index in [9.17, 15) is 14.0 Å². The molecule has 1 aliphatic heterocycles. The van der Waals surface area contributed by atoms with Crippen molar-refractivity contribution in [1.82, 2.24) is 4.90 Å². The molecule has 1 heterocycles. The molecule has 2 aromatic rings. The maximum atomic E-state index is 13.6. The third-order valence-electron chi connectivity index (χ3n) is 4.37. The first-order valence-electron chi connectivity index (χ1n) is 8.82. The third-order valence-corrected chi connectivity index (χ3v) is 4.37. The molecule has 2 aromatic carbocycles. The SMILES string of the molecule is COCCCN1C(=O)C(Nc2cccc(F)c2)=C(c2ccccc2OC)C1=O. The topological polar surface area (TPSA) is 67.9 Å². The smallest absolute Gasteiger partial charge is 0.278 e. The average molecular weight is 384 g/mol. The minimum atomic E-state index is -0.466. The van der Waals surface area contributed by atoms with Crippen LogP contribution in [0, 0.1) is 5.82 Å². The van der Waals surface area contributed by atoms with E-state index in [0.717, 1.165) is 0 Å². The van der Waals surface area contributed by atoms with Crippen molar-refractivity contribution in [3.8, 4) is 5.75 Å². The van der Waals surface area contributed by atoms with Crippen LogP contribution in [0.3, 0.4) is 0 Å². The van der Waals surface area contributed by atoms with Crippen LogP contribution < -0.4 is 10.1 Å². The van der Waals surface area contributed by atoms with Gasteiger partial charge in [-0.2, -0.15) is 0 Å². The van der Waals surface area contributed by atoms with Gasteiger partial charge in [-0.25, -0.2) is 4.39 Å². The van der Waals surface area contributed by atoms with Crippen molar-refractivity contribution in [1.29, 1.82) is 0 Å². The fourth-order valence-corrected chi connectivity index (χ4v) is 3.07. The minimum absolute atomic E-state index is 0.0949. The first-order chi connectivity index (χ1) is 13.6. The minimum Gasteiger partial charge on any atom is -0.496 e. The molecule has 0 aromatic heterocycles. The van der Waals surface area contributed by atoms with E-state index in [4.69, 9.17) is 9.47 Å². The number of carbonyl (C=O) groups excluding carboxylic acids is 2. The van der Waals surface area contributed by atoms with Gasteiger partial charge in [-0.05, 0) is 30.7 Å². The molecule has 0 atom stereocenters. The van der Waals surface area contributed by atoms with Crippen molar-refractivity contribution in [2.75, 3.05) is 32.7 Å². The summed E-state index contributed by atoms with van der Waals surface area (Å²) >= 11 is 0. The van der Waals surface area contributed by atoms with E-state index in [2.05, 4.69) is 5.32 Å². The summed E-state index contributed by atoms with van der Waals surface area (Å²) in [5, 5.41) is 2.92. The zero-order chi connectivity index (χ0) is 20.1. The second-order valence-electron chi connectivity index (χ2n) is 6.19. The quantitative estimate of drug-likeness (QED) is 0.560. The van der Waals surface area contributed by atoms with Crippen molar-refractivity contribution in [2.24, 2.45) is 0 Å². The van der Waals surface area contributed by atoms with E-state index < -0.39 is 17.6 Å². The number of halogens is 1. The maximum Gasteiger partial charge on any atom is 0.278 e. The summed E-state index contributed by atoms with van der Waals surface area (Å²) in [6, 6.07) is 12.7. The van der Waals surface area contributed by atoms with Gasteiger partial charge in [-0.3, -0.25) is 14.5 Å². The average Bonchev–Trinajstić information content (AvgIpc) is 2.92. The van der Waals surface area contributed by atoms with E-state index in [1.165, 1.54) is 30.2 Å². The summed E-state index contributed by atoms with van der Waals surface area (Å²) in [6.07, 6.45) is 0.514. The van der Waals surface area contributed by atoms with Crippen LogP contribution in [-0.4, -0.2) is 44.1 Å². The number of methoxy groups -OCH3 is 2. The van der Waals surface area contributed by atoms with Crippen LogP contribution in [0.15, 0.2) is 54.2 Å². The van der Waals surface area contributed by atoms with Crippen molar-refractivity contribution in [3.05, 3.63) is 65.6 Å². The number of ether oxygens (including phenoxy) is 2. The van der Waals surface area contributed by atoms with Gasteiger partial charge in [0.2, 0.25) is 0 Å². The van der Waals surface area contributed by atoms with Gasteiger partial charge in [-0.15, -0.1) is 0 Å². The lowest BCUT2D eigenvalue weighted by Gasteiger charge is -2.15. The number of nitrogens with zero attached hydrogens (tertiary/aromatic N) is 1. The Hall–Kier alpha value is -3.19. The number of anilines is 1. The van der Waals surface area contributed by atoms with Crippen molar-refractivity contribution in [2.45, 2.75) is 6.42 Å². The highest BCUT2D eigenvalue weighted by molar-refractivity contribution is 6.37. The van der Waals surface area contributed by atoms with Gasteiger partial charge in [0.15, 0.2) is 0 Å². The Labute approximate surface area is 162 Å². The molecule has 0 saturated heterocycles. The molecule has 0 bridgehead atoms. The molecule has 0 saturated carbocycles. The van der Waals surface area contributed by atoms with Crippen LogP contribution in [0.5, 0.6) is 5.75 Å². The molecule has 1 aliphatic rings. The van der Waals surface area contributed by atoms with Crippen LogP contribution in [0.25, 0.3) is 5.57 Å². The molecule has 6 nitrogen and oxygen atoms in total. The number of nitrogens with one attached hydrogen (secondary N) is 1. The van der Waals surface area contributed by atoms with Crippen LogP contribution >= 0.6 is 0 Å². The molecular formula is C21H21FN2O4. The van der Waals surface area contributed by atoms with Gasteiger partial charge in [0, 0.05) is 31.5 Å². The second kappa shape index (κ2) is 8.67. The largest absolute Gasteiger partial charge is 0.496 e. The van der Waals surface area contributed by atoms with Crippen LogP contribution in [0.1, 0.15) is 12.0 Å². The summed E-state index contributed by atoms with van der Waals surface area (Å²) in [5.41, 5.74) is 1.17. The molecule has 7 heteroatoms. The highest BCUT2D eigenvalue weighted by Gasteiger charge is 2.39. The molecule has 0 radical (unpaired) electrons. The second-order valence-corrected chi connectivity index (χ2v) is 6.19. The van der Waals surface area contributed by atoms with Crippen molar-refractivity contribution >= 4 is 23.1 Å². The predicted octanol–water partition coefficient (Wildman–Crippen LogP) is 3.06. The number of rotatable bonds is 8. The Balaban J connectivity index is 2.05. The number of carbonyl (C=O) groups is 2. The Morgan fingerprint density at radius 1 is 1.04 bits per heavy atom. The standard InChI is InChI=1S/C21H21FN2O4/c1-27-12-6-11-24-20(25)18(16-9-3-4-10-17(16)28-2)19(21(24)26)23-15-8-5-7-14(22)13-15/h3-5,7-10,13,23H,6,11-12H2,1-2H3. The van der Waals surface area contributed by atoms with E-state index in [1.54, 1.807) is 37.4 Å². The zero-order valence-corrected chi connectivity index (χ0v) is 15.7. The fourth-order valence-electron chi connectivity index (χ4n) is 3.07. The Kier molecular flexibility index (Phi) is 6.06. The number of hydrogen-bond donors (Lipinski definition) is 1. The number of imide groups is 1. The number of hydrogen-bond acceptors (Lipinski definition) is 5. The molecule has 1 N–H and O–H groups in total. The van der Waals surface area contributed by atoms with Crippen LogP contribution in [0.2, 0.25) is 0 Å². The summed E-state index contributed by atoms with van der Waals surface area (Å²) in [5.74, 6) is -0.870. The zero-order valence-electron chi connectivity index (χ0n) is 15.7. The van der Waals surface area contributed by atoms with Gasteiger partial charge < -0.3 is 14.8 Å². The van der Waals surface area contributed by atoms with Crippen LogP contribution in [-0.2, 0) is 14.3 Å². The molecule has 28 heavy (non-hydrogen) atoms. The number of para-hydroxylation sites is 1. The summed E-state index contributed by atoms with van der Waals surface area (Å²) < 4.78 is 24.0. The van der Waals surface area contributed by atoms with Gasteiger partial charge in [0.05, 0.1) is 12.7 Å². The molecule has 0 aliphatic carbocycles. The van der Waals surface area contributed by atoms with Crippen molar-refractivity contribution in [3.63, 3.8) is 0 Å². The maximum absolute atomic E-state index is 13.6. The summed E-state index contributed by atoms with van der Waals surface area (Å²) in [6.45, 7) is 0.645. The number of amides is 2. The Morgan fingerprint density at radius 3 is 2.54 bits per heavy atom. The van der Waals surface area contributed by atoms with Gasteiger partial charge in [-0.1, -0.05) is 24.3 Å². The first kappa shape index (κ1) is 19.6. The van der Waals surface area contributed by atoms with Gasteiger partial charge >= 0.3 is 0 Å². The first-order valence-corrected chi connectivity index (χ1v) is 8.82. The monoisotopic (exact) mass is 384 g/mol. The summed E-state index contributed by atoms with van der Waals surface area (Å²) in [4.78, 5) is 27.2. The number of benzene rings is 2. The normalized spacial score (nSPS) is 14.0. The van der Waals surface area contributed by atoms with E-state index in [0.29, 0.717) is 30.0 Å². The Bertz CT molecular complexity index is 926. The molecule has 0 fully saturated rings. The highest BCUT2D eigenvalue weighted by Crippen LogP contribution is 2.35. The Morgan fingerprint density at radius 2 is 1.82 bits per heavy atom. The lowest BCUT2D eigenvalue weighted by Crippen LogP contribution is -2.33. The lowest BCUT2D eigenvalue weighted by molar-refractivity contribution is -0.137. The fraction of sp³-hybridized carbons (Fsp3) is 0.238. The van der Waals surface area contributed by atoms with E-state index >= 15 is 0 Å². The molecule has 2 amide bonds. The lowest BCUT2D eigenvalue weighted by atomic mass is 10.0. The molecule has 0 unspecified atom stereocenters. The summed E-state index contributed by atoms with van der Waals surface area (Å²) in [7, 11) is 3.06. The molecule has 146 valence electrons. The van der Waals surface area contributed by atoms with Gasteiger partial charge in [0.25, 0.3) is 11.8 Å². The molecule has 0 spiro atoms. The van der Waals surface area contributed by atoms with Gasteiger partial charge in [0.1, 0.15) is 17.3 Å². The third kappa shape index (κ3) is 3.89. The highest BCUT2D eigenvalue weighted by atomic mass is 19.1. The molecule has 3 rings (SSSR count). The van der Waals surface area contributed by atoms with Crippen molar-refractivity contribution < 1.29 is 23.5 Å². The van der Waals surface area contributed by atoms with E-state index in [1.807, 2.05) is 0 Å². The van der Waals surface area contributed by atoms with E-state index in [-0.39, 0.29) is 17.8 Å².